The van der Waals surface area contributed by atoms with Crippen LogP contribution in [0.2, 0.25) is 0 Å². The second kappa shape index (κ2) is 2.99. The highest BCUT2D eigenvalue weighted by Gasteiger charge is 2.16. The molecule has 52 valence electrons. The fraction of sp³-hybridized carbons (Fsp3) is 0.714. The molecule has 1 unspecified atom stereocenters. The zero-order valence-corrected chi connectivity index (χ0v) is 5.47. The van der Waals surface area contributed by atoms with Gasteiger partial charge in [0.2, 0.25) is 0 Å². The van der Waals surface area contributed by atoms with Crippen LogP contribution in [0.5, 0.6) is 0 Å². The molecule has 1 aliphatic carbocycles. The molecule has 1 rings (SSSR count). The zero-order chi connectivity index (χ0) is 6.69. The predicted molar refractivity (Wildman–Crippen MR) is 35.1 cm³/mol. The number of rotatable bonds is 1. The summed E-state index contributed by atoms with van der Waals surface area (Å²) < 4.78 is 0. The van der Waals surface area contributed by atoms with Crippen molar-refractivity contribution in [3.8, 4) is 0 Å². The van der Waals surface area contributed by atoms with Crippen LogP contribution < -0.4 is 0 Å². The topological polar surface area (TPSA) is 29.5 Å². The Morgan fingerprint density at radius 2 is 2.33 bits per heavy atom. The number of hydrogen-bond donors (Lipinski definition) is 1. The molecular weight excluding hydrogens is 116 g/mol. The van der Waals surface area contributed by atoms with Gasteiger partial charge in [0.15, 0.2) is 0 Å². The third-order valence-corrected chi connectivity index (χ3v) is 1.80. The van der Waals surface area contributed by atoms with E-state index in [4.69, 9.17) is 5.26 Å². The van der Waals surface area contributed by atoms with Crippen molar-refractivity contribution in [2.24, 2.45) is 0 Å². The van der Waals surface area contributed by atoms with Gasteiger partial charge in [0, 0.05) is 0 Å². The van der Waals surface area contributed by atoms with Crippen molar-refractivity contribution >= 4 is 0 Å². The molecule has 1 fully saturated rings. The van der Waals surface area contributed by atoms with Crippen LogP contribution in [-0.2, 0) is 4.89 Å². The maximum Gasteiger partial charge on any atom is 0.113 e. The van der Waals surface area contributed by atoms with Crippen molar-refractivity contribution in [2.75, 3.05) is 0 Å². The third kappa shape index (κ3) is 1.53. The van der Waals surface area contributed by atoms with Crippen molar-refractivity contribution in [1.82, 2.24) is 0 Å². The summed E-state index contributed by atoms with van der Waals surface area (Å²) in [4.78, 5) is 4.20. The first-order valence-electron chi connectivity index (χ1n) is 3.32. The van der Waals surface area contributed by atoms with Crippen LogP contribution in [0.3, 0.4) is 0 Å². The molecule has 1 saturated carbocycles. The quantitative estimate of drug-likeness (QED) is 0.332. The molecule has 0 saturated heterocycles. The van der Waals surface area contributed by atoms with Crippen molar-refractivity contribution in [3.63, 3.8) is 0 Å². The van der Waals surface area contributed by atoms with Gasteiger partial charge in [0.05, 0.1) is 0 Å². The van der Waals surface area contributed by atoms with E-state index in [1.54, 1.807) is 0 Å². The fourth-order valence-electron chi connectivity index (χ4n) is 1.17. The molecule has 0 aromatic heterocycles. The first-order valence-corrected chi connectivity index (χ1v) is 3.32. The standard InChI is InChI=1S/C7H12O2/c1-6-4-2-3-5-7(6)9-8/h7-8H,1-5H2. The molecule has 0 aliphatic heterocycles. The van der Waals surface area contributed by atoms with Crippen LogP contribution in [0.15, 0.2) is 12.2 Å². The minimum atomic E-state index is -0.0845. The summed E-state index contributed by atoms with van der Waals surface area (Å²) in [6, 6.07) is 0. The molecule has 9 heavy (non-hydrogen) atoms. The Morgan fingerprint density at radius 3 is 2.78 bits per heavy atom. The van der Waals surface area contributed by atoms with E-state index >= 15 is 0 Å². The van der Waals surface area contributed by atoms with Gasteiger partial charge in [0.1, 0.15) is 6.10 Å². The van der Waals surface area contributed by atoms with Gasteiger partial charge in [-0.05, 0) is 24.8 Å². The van der Waals surface area contributed by atoms with Crippen molar-refractivity contribution in [2.45, 2.75) is 31.8 Å². The van der Waals surface area contributed by atoms with E-state index in [2.05, 4.69) is 11.5 Å². The predicted octanol–water partition coefficient (Wildman–Crippen LogP) is 1.97. The monoisotopic (exact) mass is 128 g/mol. The van der Waals surface area contributed by atoms with Crippen molar-refractivity contribution < 1.29 is 10.1 Å². The van der Waals surface area contributed by atoms with E-state index in [9.17, 15) is 0 Å². The summed E-state index contributed by atoms with van der Waals surface area (Å²) >= 11 is 0. The molecule has 0 radical (unpaired) electrons. The Hall–Kier alpha value is -0.340. The SMILES string of the molecule is C=C1CCCCC1OO. The summed E-state index contributed by atoms with van der Waals surface area (Å²) in [6.07, 6.45) is 4.18. The Morgan fingerprint density at radius 1 is 1.56 bits per heavy atom. The number of hydrogen-bond acceptors (Lipinski definition) is 2. The van der Waals surface area contributed by atoms with Gasteiger partial charge in [-0.1, -0.05) is 13.0 Å². The van der Waals surface area contributed by atoms with E-state index in [1.807, 2.05) is 0 Å². The minimum absolute atomic E-state index is 0.0845. The summed E-state index contributed by atoms with van der Waals surface area (Å²) in [5, 5.41) is 8.30. The van der Waals surface area contributed by atoms with Gasteiger partial charge >= 0.3 is 0 Å². The average Bonchev–Trinajstić information content (AvgIpc) is 1.89. The van der Waals surface area contributed by atoms with E-state index in [0.29, 0.717) is 0 Å². The zero-order valence-electron chi connectivity index (χ0n) is 5.47. The first-order chi connectivity index (χ1) is 4.34. The summed E-state index contributed by atoms with van der Waals surface area (Å²) in [5.41, 5.74) is 1.03. The van der Waals surface area contributed by atoms with Gasteiger partial charge in [-0.25, -0.2) is 4.89 Å². The molecule has 2 nitrogen and oxygen atoms in total. The summed E-state index contributed by atoms with van der Waals surface area (Å²) in [7, 11) is 0. The lowest BCUT2D eigenvalue weighted by Gasteiger charge is -2.20. The summed E-state index contributed by atoms with van der Waals surface area (Å²) in [5.74, 6) is 0. The normalized spacial score (nSPS) is 28.6. The highest BCUT2D eigenvalue weighted by atomic mass is 17.1. The molecule has 1 atom stereocenters. The van der Waals surface area contributed by atoms with Gasteiger partial charge in [-0.15, -0.1) is 0 Å². The highest BCUT2D eigenvalue weighted by molar-refractivity contribution is 5.04. The van der Waals surface area contributed by atoms with Gasteiger partial charge < -0.3 is 0 Å². The second-order valence-electron chi connectivity index (χ2n) is 2.50. The lowest BCUT2D eigenvalue weighted by Crippen LogP contribution is -2.17. The molecule has 0 amide bonds. The molecular formula is C7H12O2. The van der Waals surface area contributed by atoms with E-state index in [1.165, 1.54) is 6.42 Å². The molecule has 1 N–H and O–H groups in total. The van der Waals surface area contributed by atoms with Crippen LogP contribution in [0.25, 0.3) is 0 Å². The van der Waals surface area contributed by atoms with Crippen molar-refractivity contribution in [3.05, 3.63) is 12.2 Å². The fourth-order valence-corrected chi connectivity index (χ4v) is 1.17. The average molecular weight is 128 g/mol. The minimum Gasteiger partial charge on any atom is -0.251 e. The first kappa shape index (κ1) is 6.78. The maximum absolute atomic E-state index is 8.30. The van der Waals surface area contributed by atoms with Crippen LogP contribution in [0.4, 0.5) is 0 Å². The molecule has 0 aromatic rings. The maximum atomic E-state index is 8.30. The lowest BCUT2D eigenvalue weighted by molar-refractivity contribution is -0.271. The van der Waals surface area contributed by atoms with Gasteiger partial charge in [0.25, 0.3) is 0 Å². The Labute approximate surface area is 55.1 Å². The lowest BCUT2D eigenvalue weighted by atomic mass is 9.94. The van der Waals surface area contributed by atoms with Crippen LogP contribution in [0.1, 0.15) is 25.7 Å². The highest BCUT2D eigenvalue weighted by Crippen LogP contribution is 2.23. The molecule has 2 heteroatoms. The summed E-state index contributed by atoms with van der Waals surface area (Å²) in [6.45, 7) is 3.78. The molecule has 0 spiro atoms. The Bertz CT molecular complexity index is 109. The van der Waals surface area contributed by atoms with Crippen LogP contribution >= 0.6 is 0 Å². The van der Waals surface area contributed by atoms with E-state index < -0.39 is 0 Å². The van der Waals surface area contributed by atoms with Crippen LogP contribution in [-0.4, -0.2) is 11.4 Å². The van der Waals surface area contributed by atoms with Crippen LogP contribution in [0, 0.1) is 0 Å². The molecule has 0 aromatic carbocycles. The van der Waals surface area contributed by atoms with Gasteiger partial charge in [-0.3, -0.25) is 5.26 Å². The molecule has 0 bridgehead atoms. The van der Waals surface area contributed by atoms with Gasteiger partial charge in [-0.2, -0.15) is 0 Å². The van der Waals surface area contributed by atoms with E-state index in [0.717, 1.165) is 24.8 Å². The third-order valence-electron chi connectivity index (χ3n) is 1.80. The Kier molecular flexibility index (Phi) is 2.25. The molecule has 0 heterocycles. The molecule has 1 aliphatic rings. The second-order valence-corrected chi connectivity index (χ2v) is 2.50. The largest absolute Gasteiger partial charge is 0.251 e. The van der Waals surface area contributed by atoms with Crippen molar-refractivity contribution in [1.29, 1.82) is 0 Å². The Balaban J connectivity index is 2.39. The smallest absolute Gasteiger partial charge is 0.113 e. The van der Waals surface area contributed by atoms with E-state index in [-0.39, 0.29) is 6.10 Å².